The Bertz CT molecular complexity index is 1590. The Labute approximate surface area is 245 Å². The van der Waals surface area contributed by atoms with Crippen LogP contribution in [0.15, 0.2) is 65.8 Å². The van der Waals surface area contributed by atoms with Gasteiger partial charge in [-0.1, -0.05) is 76.9 Å². The maximum Gasteiger partial charge on any atom is 0.137 e. The zero-order chi connectivity index (χ0) is 29.3. The lowest BCUT2D eigenvalue weighted by Crippen LogP contribution is -2.13. The first kappa shape index (κ1) is 28.5. The normalized spacial score (nSPS) is 14.5. The number of hydrogen-bond donors (Lipinski definition) is 0. The van der Waals surface area contributed by atoms with Gasteiger partial charge in [-0.2, -0.15) is 0 Å². The monoisotopic (exact) mass is 547 g/mol. The highest BCUT2D eigenvalue weighted by molar-refractivity contribution is 5.89. The quantitative estimate of drug-likeness (QED) is 0.221. The minimum Gasteiger partial charge on any atom is -0.496 e. The molecule has 212 valence electrons. The minimum atomic E-state index is -0.0369. The summed E-state index contributed by atoms with van der Waals surface area (Å²) >= 11 is 0. The summed E-state index contributed by atoms with van der Waals surface area (Å²) in [6.45, 7) is 13.0. The number of nitrogens with zero attached hydrogens (tertiary/aromatic N) is 1. The maximum absolute atomic E-state index is 6.01. The van der Waals surface area contributed by atoms with Crippen LogP contribution >= 0.6 is 0 Å². The van der Waals surface area contributed by atoms with Gasteiger partial charge in [0.15, 0.2) is 0 Å². The fraction of sp³-hybridized carbons (Fsp3) is 0.324. The smallest absolute Gasteiger partial charge is 0.137 e. The molecule has 0 bridgehead atoms. The van der Waals surface area contributed by atoms with Crippen molar-refractivity contribution in [3.05, 3.63) is 105 Å². The van der Waals surface area contributed by atoms with Crippen LogP contribution in [0.2, 0.25) is 0 Å². The first-order valence-corrected chi connectivity index (χ1v) is 14.4. The third-order valence-electron chi connectivity index (χ3n) is 8.13. The van der Waals surface area contributed by atoms with Gasteiger partial charge in [-0.15, -0.1) is 0 Å². The molecule has 0 amide bonds. The first-order valence-electron chi connectivity index (χ1n) is 14.4. The van der Waals surface area contributed by atoms with Crippen molar-refractivity contribution >= 4 is 5.71 Å². The van der Waals surface area contributed by atoms with E-state index in [2.05, 4.69) is 107 Å². The van der Waals surface area contributed by atoms with Crippen molar-refractivity contribution in [1.82, 2.24) is 0 Å². The molecule has 1 aliphatic rings. The molecule has 41 heavy (non-hydrogen) atoms. The van der Waals surface area contributed by atoms with E-state index in [0.717, 1.165) is 52.3 Å². The van der Waals surface area contributed by atoms with Gasteiger partial charge >= 0.3 is 0 Å². The highest BCUT2D eigenvalue weighted by Gasteiger charge is 2.26. The van der Waals surface area contributed by atoms with Gasteiger partial charge in [-0.05, 0) is 80.5 Å². The number of aryl methyl sites for hydroxylation is 6. The molecule has 1 unspecified atom stereocenters. The Morgan fingerprint density at radius 2 is 1.15 bits per heavy atom. The van der Waals surface area contributed by atoms with Gasteiger partial charge in [0.25, 0.3) is 0 Å². The summed E-state index contributed by atoms with van der Waals surface area (Å²) in [4.78, 5) is 5.98. The molecule has 1 aliphatic heterocycles. The molecule has 1 atom stereocenters. The summed E-state index contributed by atoms with van der Waals surface area (Å²) in [6.07, 6.45) is 2.15. The fourth-order valence-corrected chi connectivity index (χ4v) is 6.72. The van der Waals surface area contributed by atoms with E-state index < -0.39 is 0 Å². The average Bonchev–Trinajstić information content (AvgIpc) is 3.34. The number of para-hydroxylation sites is 2. The van der Waals surface area contributed by atoms with Crippen molar-refractivity contribution in [2.45, 2.75) is 66.9 Å². The summed E-state index contributed by atoms with van der Waals surface area (Å²) in [5.41, 5.74) is 15.6. The minimum absolute atomic E-state index is 0.0369. The molecule has 0 saturated carbocycles. The topological polar surface area (TPSA) is 40.0 Å². The van der Waals surface area contributed by atoms with Crippen LogP contribution in [-0.2, 0) is 17.7 Å². The molecule has 1 heterocycles. The third-order valence-corrected chi connectivity index (χ3v) is 8.13. The Morgan fingerprint density at radius 1 is 0.683 bits per heavy atom. The van der Waals surface area contributed by atoms with Crippen molar-refractivity contribution < 1.29 is 14.3 Å². The van der Waals surface area contributed by atoms with Gasteiger partial charge in [0, 0.05) is 36.0 Å². The van der Waals surface area contributed by atoms with E-state index in [9.17, 15) is 0 Å². The Morgan fingerprint density at radius 3 is 1.63 bits per heavy atom. The number of ether oxygens (including phenoxy) is 2. The van der Waals surface area contributed by atoms with Crippen LogP contribution in [0.25, 0.3) is 22.3 Å². The molecule has 4 aromatic carbocycles. The van der Waals surface area contributed by atoms with Gasteiger partial charge in [0.05, 0.1) is 19.9 Å². The highest BCUT2D eigenvalue weighted by Crippen LogP contribution is 2.40. The van der Waals surface area contributed by atoms with Crippen LogP contribution in [0, 0.1) is 41.5 Å². The van der Waals surface area contributed by atoms with Crippen molar-refractivity contribution in [3.63, 3.8) is 0 Å². The predicted octanol–water partition coefficient (Wildman–Crippen LogP) is 8.82. The molecule has 0 N–H and O–H groups in total. The van der Waals surface area contributed by atoms with Gasteiger partial charge in [0.2, 0.25) is 0 Å². The number of oxime groups is 1. The second kappa shape index (κ2) is 11.8. The van der Waals surface area contributed by atoms with E-state index in [1.165, 1.54) is 44.5 Å². The summed E-state index contributed by atoms with van der Waals surface area (Å²) in [5, 5.41) is 4.53. The average molecular weight is 548 g/mol. The van der Waals surface area contributed by atoms with Crippen molar-refractivity contribution in [1.29, 1.82) is 0 Å². The van der Waals surface area contributed by atoms with Crippen LogP contribution in [0.3, 0.4) is 0 Å². The second-order valence-corrected chi connectivity index (χ2v) is 11.5. The molecule has 4 heteroatoms. The van der Waals surface area contributed by atoms with E-state index in [1.807, 2.05) is 0 Å². The lowest BCUT2D eigenvalue weighted by molar-refractivity contribution is 0.0854. The molecular weight excluding hydrogens is 506 g/mol. The summed E-state index contributed by atoms with van der Waals surface area (Å²) < 4.78 is 12.0. The number of benzene rings is 4. The zero-order valence-electron chi connectivity index (χ0n) is 25.6. The molecule has 0 spiro atoms. The summed E-state index contributed by atoms with van der Waals surface area (Å²) in [7, 11) is 3.52. The van der Waals surface area contributed by atoms with Gasteiger partial charge in [0.1, 0.15) is 17.6 Å². The predicted molar refractivity (Wildman–Crippen MR) is 170 cm³/mol. The molecular formula is C37H41NO3. The first-order chi connectivity index (χ1) is 19.7. The van der Waals surface area contributed by atoms with E-state index in [-0.39, 0.29) is 6.10 Å². The molecule has 0 saturated heterocycles. The SMILES string of the molecule is COc1c(CC2=NOC(Cc3cccc(-c4c(C)cc(C)cc4C)c3OC)C2)cccc1-c1c(C)cc(C)cc1C. The van der Waals surface area contributed by atoms with Crippen molar-refractivity contribution in [2.75, 3.05) is 14.2 Å². The number of methoxy groups -OCH3 is 2. The van der Waals surface area contributed by atoms with Gasteiger partial charge < -0.3 is 14.3 Å². The summed E-state index contributed by atoms with van der Waals surface area (Å²) in [6, 6.07) is 21.8. The van der Waals surface area contributed by atoms with E-state index >= 15 is 0 Å². The van der Waals surface area contributed by atoms with Crippen LogP contribution in [0.1, 0.15) is 50.9 Å². The standard InChI is InChI=1S/C37H41NO3/c1-22-15-24(3)34(25(4)16-22)32-13-9-11-28(36(32)39-7)19-30-21-31(41-38-30)20-29-12-10-14-33(37(29)40-8)35-26(5)17-23(2)18-27(35)6/h9-18,31H,19-21H2,1-8H3. The highest BCUT2D eigenvalue weighted by atomic mass is 16.6. The molecule has 0 aliphatic carbocycles. The van der Waals surface area contributed by atoms with Crippen LogP contribution in [0.5, 0.6) is 11.5 Å². The summed E-state index contributed by atoms with van der Waals surface area (Å²) in [5.74, 6) is 1.82. The Balaban J connectivity index is 1.36. The van der Waals surface area contributed by atoms with Gasteiger partial charge in [-0.25, -0.2) is 0 Å². The second-order valence-electron chi connectivity index (χ2n) is 11.5. The lowest BCUT2D eigenvalue weighted by Gasteiger charge is -2.19. The molecule has 4 aromatic rings. The maximum atomic E-state index is 6.01. The molecule has 0 radical (unpaired) electrons. The lowest BCUT2D eigenvalue weighted by atomic mass is 9.90. The van der Waals surface area contributed by atoms with Crippen LogP contribution in [0.4, 0.5) is 0 Å². The van der Waals surface area contributed by atoms with Crippen molar-refractivity contribution in [2.24, 2.45) is 5.16 Å². The van der Waals surface area contributed by atoms with E-state index in [0.29, 0.717) is 6.42 Å². The molecule has 5 rings (SSSR count). The van der Waals surface area contributed by atoms with Crippen molar-refractivity contribution in [3.8, 4) is 33.8 Å². The fourth-order valence-electron chi connectivity index (χ4n) is 6.72. The van der Waals surface area contributed by atoms with E-state index in [4.69, 9.17) is 14.3 Å². The van der Waals surface area contributed by atoms with Crippen LogP contribution in [-0.4, -0.2) is 26.0 Å². The zero-order valence-corrected chi connectivity index (χ0v) is 25.6. The van der Waals surface area contributed by atoms with E-state index in [1.54, 1.807) is 14.2 Å². The molecule has 4 nitrogen and oxygen atoms in total. The third kappa shape index (κ3) is 5.74. The molecule has 0 fully saturated rings. The van der Waals surface area contributed by atoms with Gasteiger partial charge in [-0.3, -0.25) is 0 Å². The number of rotatable bonds is 8. The molecule has 0 aromatic heterocycles. The number of hydrogen-bond acceptors (Lipinski definition) is 4. The Kier molecular flexibility index (Phi) is 8.21. The largest absolute Gasteiger partial charge is 0.496 e. The van der Waals surface area contributed by atoms with Crippen LogP contribution < -0.4 is 9.47 Å². The Hall–Kier alpha value is -4.05.